The van der Waals surface area contributed by atoms with Crippen molar-refractivity contribution in [1.82, 2.24) is 0 Å². The Kier molecular flexibility index (Phi) is 5.31. The van der Waals surface area contributed by atoms with E-state index >= 15 is 0 Å². The van der Waals surface area contributed by atoms with Crippen LogP contribution in [0.25, 0.3) is 44.2 Å². The molecule has 0 aliphatic heterocycles. The van der Waals surface area contributed by atoms with E-state index in [1.165, 1.54) is 59.2 Å². The molecule has 6 aromatic carbocycles. The molecule has 3 aliphatic carbocycles. The molecule has 10 rings (SSSR count). The predicted molar refractivity (Wildman–Crippen MR) is 186 cm³/mol. The molecule has 0 saturated heterocycles. The van der Waals surface area contributed by atoms with Crippen molar-refractivity contribution in [2.24, 2.45) is 11.8 Å². The summed E-state index contributed by atoms with van der Waals surface area (Å²) >= 11 is 0. The van der Waals surface area contributed by atoms with Crippen LogP contribution in [0, 0.1) is 11.8 Å². The highest BCUT2D eigenvalue weighted by molar-refractivity contribution is 6.06. The first-order valence-electron chi connectivity index (χ1n) is 16.4. The summed E-state index contributed by atoms with van der Waals surface area (Å²) < 4.78 is 6.39. The normalized spacial score (nSPS) is 21.1. The quantitative estimate of drug-likeness (QED) is 0.206. The highest BCUT2D eigenvalue weighted by atomic mass is 16.3. The van der Waals surface area contributed by atoms with Gasteiger partial charge in [-0.2, -0.15) is 0 Å². The molecule has 2 saturated carbocycles. The van der Waals surface area contributed by atoms with E-state index in [4.69, 9.17) is 4.42 Å². The summed E-state index contributed by atoms with van der Waals surface area (Å²) in [6.07, 6.45) is 5.38. The van der Waals surface area contributed by atoms with E-state index in [1.807, 2.05) is 6.07 Å². The second kappa shape index (κ2) is 9.46. The average molecular weight is 580 g/mol. The molecule has 0 N–H and O–H groups in total. The van der Waals surface area contributed by atoms with Gasteiger partial charge in [-0.1, -0.05) is 97.4 Å². The molecule has 1 aromatic heterocycles. The zero-order valence-electron chi connectivity index (χ0n) is 25.1. The van der Waals surface area contributed by atoms with Crippen LogP contribution < -0.4 is 4.90 Å². The zero-order chi connectivity index (χ0) is 29.5. The van der Waals surface area contributed by atoms with Crippen molar-refractivity contribution in [3.05, 3.63) is 151 Å². The van der Waals surface area contributed by atoms with E-state index in [1.54, 1.807) is 5.56 Å². The molecule has 7 aromatic rings. The van der Waals surface area contributed by atoms with Crippen molar-refractivity contribution >= 4 is 39.0 Å². The number of para-hydroxylation sites is 1. The van der Waals surface area contributed by atoms with Crippen LogP contribution in [0.2, 0.25) is 0 Å². The minimum Gasteiger partial charge on any atom is -0.456 e. The number of fused-ring (bicyclic) bond motifs is 11. The van der Waals surface area contributed by atoms with Gasteiger partial charge in [0.15, 0.2) is 0 Å². The van der Waals surface area contributed by atoms with Gasteiger partial charge in [-0.25, -0.2) is 0 Å². The van der Waals surface area contributed by atoms with Crippen LogP contribution in [0.3, 0.4) is 0 Å². The van der Waals surface area contributed by atoms with E-state index in [0.29, 0.717) is 0 Å². The van der Waals surface area contributed by atoms with Crippen LogP contribution in [0.4, 0.5) is 17.1 Å². The third kappa shape index (κ3) is 3.63. The summed E-state index contributed by atoms with van der Waals surface area (Å²) in [5, 5.41) is 2.31. The maximum Gasteiger partial charge on any atom is 0.137 e. The topological polar surface area (TPSA) is 16.4 Å². The molecule has 3 unspecified atom stereocenters. The minimum absolute atomic E-state index is 0.135. The SMILES string of the molecule is c1ccc(-c2ccc(N(c3ccc4c(c3)C3(CC5CCC3C5)c3ccccc3-4)c3ccc4c(c3)oc3ccccc34)cc2)cc1. The highest BCUT2D eigenvalue weighted by Gasteiger charge is 2.56. The molecule has 1 spiro atoms. The van der Waals surface area contributed by atoms with Gasteiger partial charge >= 0.3 is 0 Å². The first kappa shape index (κ1) is 25.3. The molecule has 3 atom stereocenters. The molecule has 3 aliphatic rings. The van der Waals surface area contributed by atoms with Crippen LogP contribution in [-0.4, -0.2) is 0 Å². The van der Waals surface area contributed by atoms with Crippen molar-refractivity contribution in [3.63, 3.8) is 0 Å². The fourth-order valence-corrected chi connectivity index (χ4v) is 9.25. The van der Waals surface area contributed by atoms with E-state index < -0.39 is 0 Å². The molecule has 2 nitrogen and oxygen atoms in total. The summed E-state index contributed by atoms with van der Waals surface area (Å²) in [4.78, 5) is 2.42. The van der Waals surface area contributed by atoms with Crippen molar-refractivity contribution in [2.75, 3.05) is 4.90 Å². The van der Waals surface area contributed by atoms with Crippen LogP contribution in [0.1, 0.15) is 36.8 Å². The minimum atomic E-state index is 0.135. The summed E-state index contributed by atoms with van der Waals surface area (Å²) in [6.45, 7) is 0. The lowest BCUT2D eigenvalue weighted by atomic mass is 9.67. The standard InChI is InChI=1S/C43H33NO/c1-2-8-29(9-3-1)30-15-18-32(19-16-30)44(34-21-23-38-37-11-5-7-13-41(37)45-42(38)26-34)33-20-22-36-35-10-4-6-12-39(35)43(40(36)25-33)27-28-14-17-31(43)24-28/h1-13,15-16,18-23,25-26,28,31H,14,17,24,27H2. The van der Waals surface area contributed by atoms with Gasteiger partial charge in [-0.15, -0.1) is 0 Å². The lowest BCUT2D eigenvalue weighted by Gasteiger charge is -2.37. The van der Waals surface area contributed by atoms with Gasteiger partial charge in [0.2, 0.25) is 0 Å². The van der Waals surface area contributed by atoms with Gasteiger partial charge in [0.1, 0.15) is 11.2 Å². The largest absolute Gasteiger partial charge is 0.456 e. The van der Waals surface area contributed by atoms with Gasteiger partial charge in [-0.3, -0.25) is 0 Å². The fraction of sp³-hybridized carbons (Fsp3) is 0.163. The second-order valence-corrected chi connectivity index (χ2v) is 13.4. The molecule has 1 heterocycles. The summed E-state index contributed by atoms with van der Waals surface area (Å²) in [5.41, 5.74) is 13.8. The van der Waals surface area contributed by atoms with Gasteiger partial charge < -0.3 is 9.32 Å². The maximum absolute atomic E-state index is 6.39. The predicted octanol–water partition coefficient (Wildman–Crippen LogP) is 11.8. The number of rotatable bonds is 4. The lowest BCUT2D eigenvalue weighted by Crippen LogP contribution is -2.32. The van der Waals surface area contributed by atoms with Gasteiger partial charge in [0, 0.05) is 39.3 Å². The van der Waals surface area contributed by atoms with Crippen LogP contribution in [0.5, 0.6) is 0 Å². The summed E-state index contributed by atoms with van der Waals surface area (Å²) in [6, 6.07) is 51.2. The molecule has 2 fully saturated rings. The van der Waals surface area contributed by atoms with E-state index in [0.717, 1.165) is 45.1 Å². The highest BCUT2D eigenvalue weighted by Crippen LogP contribution is 2.66. The van der Waals surface area contributed by atoms with E-state index in [2.05, 4.69) is 138 Å². The molecule has 2 heteroatoms. The van der Waals surface area contributed by atoms with Gasteiger partial charge in [0.25, 0.3) is 0 Å². The Labute approximate surface area is 263 Å². The Balaban J connectivity index is 1.16. The Morgan fingerprint density at radius 2 is 1.22 bits per heavy atom. The third-order valence-corrected chi connectivity index (χ3v) is 11.1. The van der Waals surface area contributed by atoms with Crippen LogP contribution in [-0.2, 0) is 5.41 Å². The van der Waals surface area contributed by atoms with Crippen molar-refractivity contribution in [1.29, 1.82) is 0 Å². The summed E-state index contributed by atoms with van der Waals surface area (Å²) in [7, 11) is 0. The average Bonchev–Trinajstić information content (AvgIpc) is 3.87. The van der Waals surface area contributed by atoms with Crippen LogP contribution in [0.15, 0.2) is 144 Å². The molecular weight excluding hydrogens is 546 g/mol. The lowest BCUT2D eigenvalue weighted by molar-refractivity contribution is 0.327. The first-order valence-corrected chi connectivity index (χ1v) is 16.4. The number of furan rings is 1. The maximum atomic E-state index is 6.39. The second-order valence-electron chi connectivity index (χ2n) is 13.4. The Hall–Kier alpha value is -5.08. The van der Waals surface area contributed by atoms with Crippen molar-refractivity contribution in [2.45, 2.75) is 31.1 Å². The number of benzene rings is 6. The number of hydrogen-bond donors (Lipinski definition) is 0. The van der Waals surface area contributed by atoms with Gasteiger partial charge in [-0.05, 0) is 107 Å². The smallest absolute Gasteiger partial charge is 0.137 e. The molecule has 216 valence electrons. The first-order chi connectivity index (χ1) is 22.3. The Morgan fingerprint density at radius 1 is 0.533 bits per heavy atom. The monoisotopic (exact) mass is 579 g/mol. The van der Waals surface area contributed by atoms with E-state index in [-0.39, 0.29) is 5.41 Å². The molecule has 0 radical (unpaired) electrons. The third-order valence-electron chi connectivity index (χ3n) is 11.1. The fourth-order valence-electron chi connectivity index (χ4n) is 9.25. The number of nitrogens with zero attached hydrogens (tertiary/aromatic N) is 1. The Bertz CT molecular complexity index is 2240. The van der Waals surface area contributed by atoms with Gasteiger partial charge in [0.05, 0.1) is 0 Å². The van der Waals surface area contributed by atoms with Crippen LogP contribution >= 0.6 is 0 Å². The molecule has 2 bridgehead atoms. The van der Waals surface area contributed by atoms with Crippen molar-refractivity contribution < 1.29 is 4.42 Å². The number of anilines is 3. The summed E-state index contributed by atoms with van der Waals surface area (Å²) in [5.74, 6) is 1.57. The zero-order valence-corrected chi connectivity index (χ0v) is 25.1. The van der Waals surface area contributed by atoms with Crippen molar-refractivity contribution in [3.8, 4) is 22.3 Å². The van der Waals surface area contributed by atoms with E-state index in [9.17, 15) is 0 Å². The Morgan fingerprint density at radius 3 is 2.07 bits per heavy atom. The molecule has 45 heavy (non-hydrogen) atoms. The molecule has 0 amide bonds. The number of hydrogen-bond acceptors (Lipinski definition) is 2. The molecular formula is C43H33NO.